The minimum absolute atomic E-state index is 0.00646. The molecule has 0 bridgehead atoms. The van der Waals surface area contributed by atoms with Gasteiger partial charge in [0.1, 0.15) is 5.69 Å². The number of nitrogens with zero attached hydrogens (tertiary/aromatic N) is 1. The molecule has 4 nitrogen and oxygen atoms in total. The highest BCUT2D eigenvalue weighted by Gasteiger charge is 2.10. The number of hydrogen-bond acceptors (Lipinski definition) is 4. The van der Waals surface area contributed by atoms with E-state index in [-0.39, 0.29) is 11.4 Å². The van der Waals surface area contributed by atoms with Gasteiger partial charge in [-0.1, -0.05) is 15.9 Å². The van der Waals surface area contributed by atoms with Crippen molar-refractivity contribution in [1.82, 2.24) is 0 Å². The van der Waals surface area contributed by atoms with Crippen LogP contribution in [0.3, 0.4) is 0 Å². The van der Waals surface area contributed by atoms with Crippen LogP contribution in [0.25, 0.3) is 0 Å². The normalized spacial score (nSPS) is 10.1. The van der Waals surface area contributed by atoms with Gasteiger partial charge in [0.25, 0.3) is 0 Å². The molecule has 0 unspecified atom stereocenters. The Labute approximate surface area is 117 Å². The van der Waals surface area contributed by atoms with Crippen molar-refractivity contribution in [2.45, 2.75) is 0 Å². The van der Waals surface area contributed by atoms with E-state index in [1.807, 2.05) is 0 Å². The molecule has 0 aliphatic rings. The Kier molecular flexibility index (Phi) is 4.11. The zero-order valence-electron chi connectivity index (χ0n) is 9.89. The summed E-state index contributed by atoms with van der Waals surface area (Å²) in [6.45, 7) is 0. The second kappa shape index (κ2) is 5.79. The maximum atomic E-state index is 13.7. The van der Waals surface area contributed by atoms with Gasteiger partial charge in [0.2, 0.25) is 0 Å². The molecule has 2 rings (SSSR count). The van der Waals surface area contributed by atoms with Gasteiger partial charge >= 0.3 is 0 Å². The van der Waals surface area contributed by atoms with Crippen LogP contribution >= 0.6 is 15.9 Å². The zero-order chi connectivity index (χ0) is 13.8. The first-order valence-electron chi connectivity index (χ1n) is 5.28. The largest absolute Gasteiger partial charge is 0.493 e. The highest BCUT2D eigenvalue weighted by Crippen LogP contribution is 2.35. The molecule has 0 fully saturated rings. The van der Waals surface area contributed by atoms with Gasteiger partial charge in [-0.2, -0.15) is 0 Å². The molecule has 0 heterocycles. The van der Waals surface area contributed by atoms with Crippen LogP contribution in [-0.4, -0.2) is 7.11 Å². The Hall–Kier alpha value is -1.95. The lowest BCUT2D eigenvalue weighted by Crippen LogP contribution is -1.92. The Balaban J connectivity index is 2.33. The standard InChI is InChI=1S/C13H9BrFNO3/c1-18-13-6-8(14)2-4-12(13)19-11-5-3-9(16-17)7-10(11)15/h2-7H,1H3. The third-order valence-electron chi connectivity index (χ3n) is 2.37. The number of rotatable bonds is 4. The predicted octanol–water partition coefficient (Wildman–Crippen LogP) is 4.79. The Morgan fingerprint density at radius 2 is 1.84 bits per heavy atom. The first-order valence-corrected chi connectivity index (χ1v) is 6.07. The van der Waals surface area contributed by atoms with Gasteiger partial charge < -0.3 is 9.47 Å². The molecule has 0 spiro atoms. The number of methoxy groups -OCH3 is 1. The monoisotopic (exact) mass is 325 g/mol. The van der Waals surface area contributed by atoms with Crippen molar-refractivity contribution in [3.8, 4) is 17.2 Å². The van der Waals surface area contributed by atoms with Crippen molar-refractivity contribution >= 4 is 21.6 Å². The van der Waals surface area contributed by atoms with E-state index >= 15 is 0 Å². The van der Waals surface area contributed by atoms with Gasteiger partial charge in [-0.05, 0) is 35.5 Å². The third kappa shape index (κ3) is 3.08. The number of hydrogen-bond donors (Lipinski definition) is 0. The van der Waals surface area contributed by atoms with E-state index in [1.54, 1.807) is 18.2 Å². The molecule has 2 aromatic rings. The van der Waals surface area contributed by atoms with Crippen LogP contribution in [0.1, 0.15) is 0 Å². The van der Waals surface area contributed by atoms with Crippen molar-refractivity contribution in [2.75, 3.05) is 7.11 Å². The average Bonchev–Trinajstić information content (AvgIpc) is 2.42. The Bertz CT molecular complexity index is 619. The second-order valence-electron chi connectivity index (χ2n) is 3.60. The summed E-state index contributed by atoms with van der Waals surface area (Å²) < 4.78 is 25.0. The fourth-order valence-electron chi connectivity index (χ4n) is 1.47. The summed E-state index contributed by atoms with van der Waals surface area (Å²) in [6.07, 6.45) is 0. The van der Waals surface area contributed by atoms with Crippen molar-refractivity contribution in [3.63, 3.8) is 0 Å². The lowest BCUT2D eigenvalue weighted by Gasteiger charge is -2.11. The van der Waals surface area contributed by atoms with Crippen molar-refractivity contribution in [3.05, 3.63) is 51.6 Å². The second-order valence-corrected chi connectivity index (χ2v) is 4.52. The number of halogens is 2. The van der Waals surface area contributed by atoms with Gasteiger partial charge in [-0.3, -0.25) is 0 Å². The number of ether oxygens (including phenoxy) is 2. The van der Waals surface area contributed by atoms with Crippen LogP contribution < -0.4 is 9.47 Å². The van der Waals surface area contributed by atoms with E-state index in [4.69, 9.17) is 9.47 Å². The van der Waals surface area contributed by atoms with Gasteiger partial charge in [0.15, 0.2) is 23.1 Å². The molecule has 0 amide bonds. The van der Waals surface area contributed by atoms with Crippen molar-refractivity contribution < 1.29 is 13.9 Å². The maximum Gasteiger partial charge on any atom is 0.169 e. The van der Waals surface area contributed by atoms with Crippen molar-refractivity contribution in [2.24, 2.45) is 5.18 Å². The summed E-state index contributed by atoms with van der Waals surface area (Å²) in [5.41, 5.74) is 0.00706. The van der Waals surface area contributed by atoms with Crippen LogP contribution in [0.4, 0.5) is 10.1 Å². The highest BCUT2D eigenvalue weighted by atomic mass is 79.9. The van der Waals surface area contributed by atoms with E-state index in [2.05, 4.69) is 21.1 Å². The predicted molar refractivity (Wildman–Crippen MR) is 72.6 cm³/mol. The molecular weight excluding hydrogens is 317 g/mol. The summed E-state index contributed by atoms with van der Waals surface area (Å²) in [7, 11) is 1.49. The summed E-state index contributed by atoms with van der Waals surface area (Å²) >= 11 is 3.30. The van der Waals surface area contributed by atoms with E-state index < -0.39 is 5.82 Å². The van der Waals surface area contributed by atoms with E-state index in [0.717, 1.165) is 10.5 Å². The molecule has 6 heteroatoms. The quantitative estimate of drug-likeness (QED) is 0.759. The molecule has 0 saturated heterocycles. The first-order chi connectivity index (χ1) is 9.13. The van der Waals surface area contributed by atoms with Gasteiger partial charge in [-0.25, -0.2) is 4.39 Å². The minimum Gasteiger partial charge on any atom is -0.493 e. The lowest BCUT2D eigenvalue weighted by atomic mass is 10.3. The summed E-state index contributed by atoms with van der Waals surface area (Å²) in [4.78, 5) is 10.3. The van der Waals surface area contributed by atoms with Crippen LogP contribution in [-0.2, 0) is 0 Å². The SMILES string of the molecule is COc1cc(Br)ccc1Oc1ccc(N=O)cc1F. The number of nitroso groups, excluding NO2 is 1. The average molecular weight is 326 g/mol. The first kappa shape index (κ1) is 13.5. The molecule has 0 radical (unpaired) electrons. The van der Waals surface area contributed by atoms with Crippen LogP contribution in [0.5, 0.6) is 17.2 Å². The zero-order valence-corrected chi connectivity index (χ0v) is 11.5. The third-order valence-corrected chi connectivity index (χ3v) is 2.86. The molecule has 0 atom stereocenters. The smallest absolute Gasteiger partial charge is 0.169 e. The molecule has 0 N–H and O–H groups in total. The maximum absolute atomic E-state index is 13.7. The molecule has 0 aliphatic heterocycles. The fourth-order valence-corrected chi connectivity index (χ4v) is 1.81. The van der Waals surface area contributed by atoms with Gasteiger partial charge in [-0.15, -0.1) is 4.91 Å². The minimum atomic E-state index is -0.665. The summed E-state index contributed by atoms with van der Waals surface area (Å²) in [5, 5.41) is 2.65. The molecular formula is C13H9BrFNO3. The number of benzene rings is 2. The van der Waals surface area contributed by atoms with Gasteiger partial charge in [0.05, 0.1) is 7.11 Å². The van der Waals surface area contributed by atoms with E-state index in [0.29, 0.717) is 11.5 Å². The summed E-state index contributed by atoms with van der Waals surface area (Å²) in [6, 6.07) is 8.82. The molecule has 2 aromatic carbocycles. The lowest BCUT2D eigenvalue weighted by molar-refractivity contribution is 0.371. The molecule has 0 aromatic heterocycles. The van der Waals surface area contributed by atoms with Crippen LogP contribution in [0.2, 0.25) is 0 Å². The highest BCUT2D eigenvalue weighted by molar-refractivity contribution is 9.10. The Morgan fingerprint density at radius 1 is 1.11 bits per heavy atom. The molecule has 98 valence electrons. The molecule has 19 heavy (non-hydrogen) atoms. The molecule has 0 saturated carbocycles. The van der Waals surface area contributed by atoms with E-state index in [9.17, 15) is 9.30 Å². The van der Waals surface area contributed by atoms with Crippen LogP contribution in [0.15, 0.2) is 46.0 Å². The van der Waals surface area contributed by atoms with Crippen molar-refractivity contribution in [1.29, 1.82) is 0 Å². The van der Waals surface area contributed by atoms with Crippen LogP contribution in [0, 0.1) is 10.7 Å². The van der Waals surface area contributed by atoms with Gasteiger partial charge in [0, 0.05) is 10.5 Å². The Morgan fingerprint density at radius 3 is 2.47 bits per heavy atom. The topological polar surface area (TPSA) is 47.9 Å². The molecule has 0 aliphatic carbocycles. The summed E-state index contributed by atoms with van der Waals surface area (Å²) in [5.74, 6) is 0.165. The fraction of sp³-hybridized carbons (Fsp3) is 0.0769. The van der Waals surface area contributed by atoms with E-state index in [1.165, 1.54) is 19.2 Å².